The highest BCUT2D eigenvalue weighted by atomic mass is 16.5. The van der Waals surface area contributed by atoms with Gasteiger partial charge in [0.15, 0.2) is 5.78 Å². The first-order valence-electron chi connectivity index (χ1n) is 5.91. The van der Waals surface area contributed by atoms with Crippen molar-refractivity contribution in [2.75, 3.05) is 0 Å². The van der Waals surface area contributed by atoms with Crippen molar-refractivity contribution < 1.29 is 9.53 Å². The molecule has 1 aromatic carbocycles. The second-order valence-electron chi connectivity index (χ2n) is 4.30. The monoisotopic (exact) mass is 239 g/mol. The molecule has 0 fully saturated rings. The molecule has 0 N–H and O–H groups in total. The standard InChI is InChI=1S/C15H13NO2/c17-13-6-7-14-15(10-13)18-9-8-16(14)11-12-4-2-1-3-5-12/h1-9H,10-11H2. The molecule has 90 valence electrons. The summed E-state index contributed by atoms with van der Waals surface area (Å²) in [5, 5.41) is 0. The molecule has 0 amide bonds. The van der Waals surface area contributed by atoms with Crippen molar-refractivity contribution in [3.8, 4) is 0 Å². The normalized spacial score (nSPS) is 17.8. The summed E-state index contributed by atoms with van der Waals surface area (Å²) in [5.41, 5.74) is 2.20. The van der Waals surface area contributed by atoms with E-state index in [1.165, 1.54) is 5.56 Å². The Balaban J connectivity index is 1.84. The second kappa shape index (κ2) is 4.53. The minimum absolute atomic E-state index is 0.0868. The molecule has 1 aliphatic carbocycles. The van der Waals surface area contributed by atoms with E-state index in [9.17, 15) is 4.79 Å². The Morgan fingerprint density at radius 2 is 2.00 bits per heavy atom. The van der Waals surface area contributed by atoms with Crippen molar-refractivity contribution in [2.24, 2.45) is 0 Å². The quantitative estimate of drug-likeness (QED) is 0.794. The van der Waals surface area contributed by atoms with E-state index in [2.05, 4.69) is 17.0 Å². The summed E-state index contributed by atoms with van der Waals surface area (Å²) in [5.74, 6) is 0.824. The minimum Gasteiger partial charge on any atom is -0.465 e. The van der Waals surface area contributed by atoms with Crippen molar-refractivity contribution in [1.82, 2.24) is 4.90 Å². The van der Waals surface area contributed by atoms with Crippen molar-refractivity contribution in [3.05, 3.63) is 72.0 Å². The molecule has 0 saturated heterocycles. The van der Waals surface area contributed by atoms with Crippen LogP contribution in [0.3, 0.4) is 0 Å². The molecule has 0 spiro atoms. The van der Waals surface area contributed by atoms with Gasteiger partial charge in [0, 0.05) is 12.7 Å². The van der Waals surface area contributed by atoms with Gasteiger partial charge in [-0.1, -0.05) is 30.3 Å². The van der Waals surface area contributed by atoms with Gasteiger partial charge in [-0.25, -0.2) is 0 Å². The van der Waals surface area contributed by atoms with E-state index in [1.807, 2.05) is 30.5 Å². The van der Waals surface area contributed by atoms with E-state index in [0.717, 1.165) is 18.0 Å². The van der Waals surface area contributed by atoms with Crippen LogP contribution in [0.1, 0.15) is 12.0 Å². The van der Waals surface area contributed by atoms with Gasteiger partial charge in [-0.2, -0.15) is 0 Å². The van der Waals surface area contributed by atoms with Crippen LogP contribution in [-0.2, 0) is 16.1 Å². The first-order valence-corrected chi connectivity index (χ1v) is 5.91. The fourth-order valence-corrected chi connectivity index (χ4v) is 2.11. The number of rotatable bonds is 2. The zero-order chi connectivity index (χ0) is 12.4. The molecule has 1 aromatic rings. The van der Waals surface area contributed by atoms with Crippen LogP contribution in [0.15, 0.2) is 66.4 Å². The third kappa shape index (κ3) is 2.07. The van der Waals surface area contributed by atoms with E-state index in [1.54, 1.807) is 12.3 Å². The maximum Gasteiger partial charge on any atom is 0.163 e. The largest absolute Gasteiger partial charge is 0.465 e. The van der Waals surface area contributed by atoms with Gasteiger partial charge in [-0.3, -0.25) is 4.79 Å². The van der Waals surface area contributed by atoms with Gasteiger partial charge in [0.1, 0.15) is 12.0 Å². The average molecular weight is 239 g/mol. The summed E-state index contributed by atoms with van der Waals surface area (Å²) >= 11 is 0. The van der Waals surface area contributed by atoms with Crippen molar-refractivity contribution >= 4 is 5.78 Å². The number of carbonyl (C=O) groups excluding carboxylic acids is 1. The van der Waals surface area contributed by atoms with Crippen molar-refractivity contribution in [3.63, 3.8) is 0 Å². The third-order valence-corrected chi connectivity index (χ3v) is 3.00. The van der Waals surface area contributed by atoms with Crippen molar-refractivity contribution in [1.29, 1.82) is 0 Å². The predicted molar refractivity (Wildman–Crippen MR) is 68.0 cm³/mol. The molecular formula is C15H13NO2. The Morgan fingerprint density at radius 1 is 1.17 bits per heavy atom. The number of hydrogen-bond donors (Lipinski definition) is 0. The van der Waals surface area contributed by atoms with Gasteiger partial charge in [0.2, 0.25) is 0 Å². The average Bonchev–Trinajstić information content (AvgIpc) is 2.40. The summed E-state index contributed by atoms with van der Waals surface area (Å²) in [4.78, 5) is 13.4. The lowest BCUT2D eigenvalue weighted by molar-refractivity contribution is -0.114. The smallest absolute Gasteiger partial charge is 0.163 e. The molecule has 0 atom stereocenters. The summed E-state index contributed by atoms with van der Waals surface area (Å²) in [7, 11) is 0. The van der Waals surface area contributed by atoms with E-state index >= 15 is 0 Å². The van der Waals surface area contributed by atoms with Gasteiger partial charge in [-0.05, 0) is 17.7 Å². The van der Waals surface area contributed by atoms with Crippen LogP contribution in [0, 0.1) is 0 Å². The van der Waals surface area contributed by atoms with Crippen molar-refractivity contribution in [2.45, 2.75) is 13.0 Å². The van der Waals surface area contributed by atoms with Gasteiger partial charge < -0.3 is 9.64 Å². The predicted octanol–water partition coefficient (Wildman–Crippen LogP) is 2.73. The number of ether oxygens (including phenoxy) is 1. The molecule has 0 radical (unpaired) electrons. The zero-order valence-electron chi connectivity index (χ0n) is 9.87. The maximum absolute atomic E-state index is 11.3. The van der Waals surface area contributed by atoms with E-state index in [4.69, 9.17) is 4.74 Å². The lowest BCUT2D eigenvalue weighted by atomic mass is 10.1. The highest BCUT2D eigenvalue weighted by Gasteiger charge is 2.21. The molecule has 18 heavy (non-hydrogen) atoms. The molecule has 2 aliphatic rings. The van der Waals surface area contributed by atoms with Crippen LogP contribution in [0.5, 0.6) is 0 Å². The van der Waals surface area contributed by atoms with Crippen LogP contribution in [0.4, 0.5) is 0 Å². The first-order chi connectivity index (χ1) is 8.83. The van der Waals surface area contributed by atoms with E-state index in [-0.39, 0.29) is 5.78 Å². The van der Waals surface area contributed by atoms with Crippen LogP contribution >= 0.6 is 0 Å². The Hall–Kier alpha value is -2.29. The number of benzene rings is 1. The Morgan fingerprint density at radius 3 is 2.83 bits per heavy atom. The van der Waals surface area contributed by atoms with Crippen LogP contribution in [0.25, 0.3) is 0 Å². The molecule has 1 aliphatic heterocycles. The van der Waals surface area contributed by atoms with Gasteiger partial charge >= 0.3 is 0 Å². The number of ketones is 1. The summed E-state index contributed by atoms with van der Waals surface area (Å²) in [6.45, 7) is 0.776. The first kappa shape index (κ1) is 10.8. The highest BCUT2D eigenvalue weighted by molar-refractivity contribution is 5.93. The Kier molecular flexibility index (Phi) is 2.73. The molecule has 3 heteroatoms. The fourth-order valence-electron chi connectivity index (χ4n) is 2.11. The molecule has 3 rings (SSSR count). The molecular weight excluding hydrogens is 226 g/mol. The van der Waals surface area contributed by atoms with Gasteiger partial charge in [0.05, 0.1) is 12.1 Å². The van der Waals surface area contributed by atoms with Crippen LogP contribution < -0.4 is 0 Å². The SMILES string of the molecule is O=C1C=CC2=C(C1)OC=CN2Cc1ccccc1. The maximum atomic E-state index is 11.3. The molecule has 0 unspecified atom stereocenters. The number of carbonyl (C=O) groups is 1. The third-order valence-electron chi connectivity index (χ3n) is 3.00. The molecule has 0 bridgehead atoms. The summed E-state index contributed by atoms with van der Waals surface area (Å²) in [6.07, 6.45) is 7.31. The lowest BCUT2D eigenvalue weighted by Gasteiger charge is -2.28. The number of allylic oxidation sites excluding steroid dienone is 3. The summed E-state index contributed by atoms with van der Waals surface area (Å²) in [6, 6.07) is 10.2. The number of hydrogen-bond acceptors (Lipinski definition) is 3. The van der Waals surface area contributed by atoms with E-state index in [0.29, 0.717) is 6.42 Å². The van der Waals surface area contributed by atoms with Crippen LogP contribution in [-0.4, -0.2) is 10.7 Å². The lowest BCUT2D eigenvalue weighted by Crippen LogP contribution is -2.23. The number of nitrogens with zero attached hydrogens (tertiary/aromatic N) is 1. The topological polar surface area (TPSA) is 29.5 Å². The van der Waals surface area contributed by atoms with Crippen LogP contribution in [0.2, 0.25) is 0 Å². The fraction of sp³-hybridized carbons (Fsp3) is 0.133. The minimum atomic E-state index is 0.0868. The van der Waals surface area contributed by atoms with Gasteiger partial charge in [0.25, 0.3) is 0 Å². The highest BCUT2D eigenvalue weighted by Crippen LogP contribution is 2.26. The molecule has 3 nitrogen and oxygen atoms in total. The molecule has 0 aromatic heterocycles. The Labute approximate surface area is 106 Å². The second-order valence-corrected chi connectivity index (χ2v) is 4.30. The molecule has 0 saturated carbocycles. The Bertz CT molecular complexity index is 555. The summed E-state index contributed by atoms with van der Waals surface area (Å²) < 4.78 is 5.41. The van der Waals surface area contributed by atoms with E-state index < -0.39 is 0 Å². The zero-order valence-corrected chi connectivity index (χ0v) is 9.87. The molecule has 1 heterocycles. The van der Waals surface area contributed by atoms with Gasteiger partial charge in [-0.15, -0.1) is 0 Å².